The number of hydrogen-bond donors (Lipinski definition) is 2. The summed E-state index contributed by atoms with van der Waals surface area (Å²) in [7, 11) is 3.37. The highest BCUT2D eigenvalue weighted by atomic mass is 16.5. The molecule has 23 heavy (non-hydrogen) atoms. The van der Waals surface area contributed by atoms with E-state index in [1.807, 2.05) is 12.1 Å². The number of primary amides is 1. The van der Waals surface area contributed by atoms with Gasteiger partial charge in [-0.2, -0.15) is 5.10 Å². The van der Waals surface area contributed by atoms with Gasteiger partial charge in [-0.05, 0) is 19.4 Å². The Balaban J connectivity index is 2.11. The number of ether oxygens (including phenoxy) is 1. The van der Waals surface area contributed by atoms with Gasteiger partial charge in [0.1, 0.15) is 11.4 Å². The number of benzene rings is 1. The average Bonchev–Trinajstić information content (AvgIpc) is 2.96. The zero-order valence-corrected chi connectivity index (χ0v) is 13.5. The maximum Gasteiger partial charge on any atom is 0.267 e. The maximum absolute atomic E-state index is 11.8. The first-order chi connectivity index (χ1) is 11.1. The van der Waals surface area contributed by atoms with E-state index in [-0.39, 0.29) is 6.04 Å². The summed E-state index contributed by atoms with van der Waals surface area (Å²) in [6, 6.07) is 6.27. The van der Waals surface area contributed by atoms with Crippen LogP contribution in [0.25, 0.3) is 11.1 Å². The van der Waals surface area contributed by atoms with Gasteiger partial charge >= 0.3 is 0 Å². The molecule has 0 unspecified atom stereocenters. The Morgan fingerprint density at radius 3 is 2.87 bits per heavy atom. The lowest BCUT2D eigenvalue weighted by molar-refractivity contribution is 0.0992. The van der Waals surface area contributed by atoms with Gasteiger partial charge in [0.2, 0.25) is 0 Å². The number of para-hydroxylation sites is 1. The van der Waals surface area contributed by atoms with Gasteiger partial charge in [-0.15, -0.1) is 0 Å². The second-order valence-corrected chi connectivity index (χ2v) is 5.83. The van der Waals surface area contributed by atoms with Crippen LogP contribution in [0.15, 0.2) is 24.4 Å². The van der Waals surface area contributed by atoms with Crippen LogP contribution >= 0.6 is 0 Å². The zero-order valence-electron chi connectivity index (χ0n) is 13.5. The van der Waals surface area contributed by atoms with Crippen LogP contribution in [0.1, 0.15) is 41.4 Å². The van der Waals surface area contributed by atoms with E-state index < -0.39 is 5.91 Å². The first-order valence-corrected chi connectivity index (χ1v) is 7.86. The van der Waals surface area contributed by atoms with Crippen molar-refractivity contribution in [2.75, 3.05) is 13.7 Å². The molecule has 0 saturated carbocycles. The van der Waals surface area contributed by atoms with Crippen molar-refractivity contribution in [3.05, 3.63) is 35.7 Å². The highest BCUT2D eigenvalue weighted by Crippen LogP contribution is 2.39. The van der Waals surface area contributed by atoms with Crippen molar-refractivity contribution in [2.45, 2.75) is 25.3 Å². The van der Waals surface area contributed by atoms with E-state index >= 15 is 0 Å². The van der Waals surface area contributed by atoms with Gasteiger partial charge in [0.15, 0.2) is 0 Å². The molecule has 3 N–H and O–H groups in total. The van der Waals surface area contributed by atoms with Crippen LogP contribution < -0.4 is 15.8 Å². The second-order valence-electron chi connectivity index (χ2n) is 5.83. The van der Waals surface area contributed by atoms with Gasteiger partial charge in [0.05, 0.1) is 13.3 Å². The predicted octanol–water partition coefficient (Wildman–Crippen LogP) is 2.01. The van der Waals surface area contributed by atoms with Crippen molar-refractivity contribution in [3.8, 4) is 16.9 Å². The summed E-state index contributed by atoms with van der Waals surface area (Å²) < 4.78 is 7.20. The van der Waals surface area contributed by atoms with Crippen molar-refractivity contribution in [3.63, 3.8) is 0 Å². The van der Waals surface area contributed by atoms with E-state index in [1.54, 1.807) is 20.4 Å². The molecule has 0 aliphatic carbocycles. The lowest BCUT2D eigenvalue weighted by Crippen LogP contribution is -2.27. The third-order valence-electron chi connectivity index (χ3n) is 4.40. The summed E-state index contributed by atoms with van der Waals surface area (Å²) in [6.45, 7) is 1.01. The van der Waals surface area contributed by atoms with Crippen molar-refractivity contribution in [2.24, 2.45) is 12.8 Å². The lowest BCUT2D eigenvalue weighted by Gasteiger charge is -2.26. The molecule has 1 saturated heterocycles. The van der Waals surface area contributed by atoms with Gasteiger partial charge in [0.25, 0.3) is 5.91 Å². The van der Waals surface area contributed by atoms with Gasteiger partial charge in [-0.25, -0.2) is 0 Å². The Kier molecular flexibility index (Phi) is 4.34. The summed E-state index contributed by atoms with van der Waals surface area (Å²) in [4.78, 5) is 11.8. The zero-order chi connectivity index (χ0) is 16.4. The number of rotatable bonds is 4. The standard InChI is InChI=1S/C17H22N4O2/c1-21-15(17(18)22)13(10-20-21)11-6-5-7-12(16(11)23-2)14-8-3-4-9-19-14/h5-7,10,14,19H,3-4,8-9H2,1-2H3,(H2,18,22)/t14-/m1/s1. The van der Waals surface area contributed by atoms with Crippen LogP contribution in [0.3, 0.4) is 0 Å². The highest BCUT2D eigenvalue weighted by Gasteiger charge is 2.24. The number of carbonyl (C=O) groups is 1. The quantitative estimate of drug-likeness (QED) is 0.904. The van der Waals surface area contributed by atoms with Gasteiger partial charge in [-0.3, -0.25) is 9.48 Å². The monoisotopic (exact) mass is 314 g/mol. The Morgan fingerprint density at radius 1 is 1.39 bits per heavy atom. The molecule has 1 amide bonds. The number of carbonyl (C=O) groups excluding carboxylic acids is 1. The molecular formula is C17H22N4O2. The minimum absolute atomic E-state index is 0.271. The molecule has 6 heteroatoms. The summed E-state index contributed by atoms with van der Waals surface area (Å²) in [6.07, 6.45) is 5.14. The molecule has 1 aliphatic rings. The topological polar surface area (TPSA) is 82.2 Å². The molecule has 1 aromatic heterocycles. The number of nitrogens with zero attached hydrogens (tertiary/aromatic N) is 2. The highest BCUT2D eigenvalue weighted by molar-refractivity contribution is 5.99. The molecular weight excluding hydrogens is 292 g/mol. The number of nitrogens with two attached hydrogens (primary N) is 1. The average molecular weight is 314 g/mol. The first kappa shape index (κ1) is 15.6. The molecule has 2 heterocycles. The summed E-state index contributed by atoms with van der Waals surface area (Å²) >= 11 is 0. The lowest BCUT2D eigenvalue weighted by atomic mass is 9.93. The molecule has 1 atom stereocenters. The fourth-order valence-electron chi connectivity index (χ4n) is 3.31. The number of nitrogens with one attached hydrogen (secondary N) is 1. The van der Waals surface area contributed by atoms with E-state index in [0.29, 0.717) is 11.3 Å². The third-order valence-corrected chi connectivity index (χ3v) is 4.40. The largest absolute Gasteiger partial charge is 0.496 e. The summed E-state index contributed by atoms with van der Waals surface area (Å²) in [5, 5.41) is 7.72. The van der Waals surface area contributed by atoms with Crippen molar-refractivity contribution < 1.29 is 9.53 Å². The van der Waals surface area contributed by atoms with Gasteiger partial charge in [0, 0.05) is 29.8 Å². The number of methoxy groups -OCH3 is 1. The van der Waals surface area contributed by atoms with E-state index in [0.717, 1.165) is 29.8 Å². The number of hydrogen-bond acceptors (Lipinski definition) is 4. The number of piperidine rings is 1. The molecule has 1 aromatic carbocycles. The Morgan fingerprint density at radius 2 is 2.22 bits per heavy atom. The van der Waals surface area contributed by atoms with Crippen molar-refractivity contribution in [1.82, 2.24) is 15.1 Å². The normalized spacial score (nSPS) is 17.9. The molecule has 0 bridgehead atoms. The van der Waals surface area contributed by atoms with Crippen LogP contribution in [-0.2, 0) is 7.05 Å². The third kappa shape index (κ3) is 2.82. The van der Waals surface area contributed by atoms with E-state index in [4.69, 9.17) is 10.5 Å². The SMILES string of the molecule is COc1c(-c2cnn(C)c2C(N)=O)cccc1[C@H]1CCCCN1. The van der Waals surface area contributed by atoms with Gasteiger partial charge in [-0.1, -0.05) is 24.6 Å². The molecule has 6 nitrogen and oxygen atoms in total. The number of amides is 1. The number of aromatic nitrogens is 2. The maximum atomic E-state index is 11.8. The predicted molar refractivity (Wildman–Crippen MR) is 88.3 cm³/mol. The van der Waals surface area contributed by atoms with E-state index in [9.17, 15) is 4.79 Å². The molecule has 1 fully saturated rings. The molecule has 3 rings (SSSR count). The van der Waals surface area contributed by atoms with Crippen molar-refractivity contribution in [1.29, 1.82) is 0 Å². The van der Waals surface area contributed by atoms with E-state index in [1.165, 1.54) is 17.5 Å². The fraction of sp³-hybridized carbons (Fsp3) is 0.412. The minimum atomic E-state index is -0.497. The Labute approximate surface area is 135 Å². The molecule has 122 valence electrons. The van der Waals surface area contributed by atoms with Crippen molar-refractivity contribution >= 4 is 5.91 Å². The first-order valence-electron chi connectivity index (χ1n) is 7.86. The summed E-state index contributed by atoms with van der Waals surface area (Å²) in [5.74, 6) is 0.283. The molecule has 1 aliphatic heterocycles. The van der Waals surface area contributed by atoms with Crippen LogP contribution in [0.4, 0.5) is 0 Å². The Hall–Kier alpha value is -2.34. The van der Waals surface area contributed by atoms with Crippen LogP contribution in [0.5, 0.6) is 5.75 Å². The summed E-state index contributed by atoms with van der Waals surface area (Å²) in [5.41, 5.74) is 8.57. The van der Waals surface area contributed by atoms with Crippen LogP contribution in [0, 0.1) is 0 Å². The fourth-order valence-corrected chi connectivity index (χ4v) is 3.31. The molecule has 0 radical (unpaired) electrons. The van der Waals surface area contributed by atoms with Gasteiger partial charge < -0.3 is 15.8 Å². The number of aryl methyl sites for hydroxylation is 1. The van der Waals surface area contributed by atoms with Crippen LogP contribution in [0.2, 0.25) is 0 Å². The second kappa shape index (κ2) is 6.42. The minimum Gasteiger partial charge on any atom is -0.496 e. The smallest absolute Gasteiger partial charge is 0.267 e. The molecule has 2 aromatic rings. The Bertz CT molecular complexity index is 717. The van der Waals surface area contributed by atoms with E-state index in [2.05, 4.69) is 16.5 Å². The van der Waals surface area contributed by atoms with Crippen LogP contribution in [-0.4, -0.2) is 29.3 Å². The molecule has 0 spiro atoms.